The van der Waals surface area contributed by atoms with Crippen molar-refractivity contribution in [3.05, 3.63) is 50.4 Å². The van der Waals surface area contributed by atoms with Gasteiger partial charge in [-0.15, -0.1) is 0 Å². The van der Waals surface area contributed by atoms with Crippen molar-refractivity contribution in [2.45, 2.75) is 12.5 Å². The molecule has 0 amide bonds. The highest BCUT2D eigenvalue weighted by atomic mass is 79.9. The first-order valence-electron chi connectivity index (χ1n) is 6.41. The van der Waals surface area contributed by atoms with Crippen molar-refractivity contribution < 1.29 is 9.84 Å². The highest BCUT2D eigenvalue weighted by molar-refractivity contribution is 9.10. The van der Waals surface area contributed by atoms with Gasteiger partial charge >= 0.3 is 0 Å². The number of rotatable bonds is 2. The van der Waals surface area contributed by atoms with E-state index in [2.05, 4.69) is 21.2 Å². The molecule has 1 atom stereocenters. The van der Waals surface area contributed by atoms with Gasteiger partial charge in [-0.25, -0.2) is 0 Å². The lowest BCUT2D eigenvalue weighted by Crippen LogP contribution is -2.20. The number of halogens is 3. The van der Waals surface area contributed by atoms with Gasteiger partial charge < -0.3 is 15.2 Å². The predicted octanol–water partition coefficient (Wildman–Crippen LogP) is 5.40. The lowest BCUT2D eigenvalue weighted by Gasteiger charge is -2.28. The third-order valence-electron chi connectivity index (χ3n) is 3.37. The van der Waals surface area contributed by atoms with Crippen LogP contribution in [0, 0.1) is 0 Å². The smallest absolute Gasteiger partial charge is 0.152 e. The van der Waals surface area contributed by atoms with Crippen LogP contribution in [0.15, 0.2) is 34.8 Å². The van der Waals surface area contributed by atoms with E-state index < -0.39 is 0 Å². The van der Waals surface area contributed by atoms with Crippen molar-refractivity contribution in [1.82, 2.24) is 0 Å². The number of benzene rings is 2. The number of fused-ring (bicyclic) bond motifs is 1. The Balaban J connectivity index is 1.92. The molecule has 0 spiro atoms. The Morgan fingerprint density at radius 3 is 2.62 bits per heavy atom. The van der Waals surface area contributed by atoms with E-state index in [1.807, 2.05) is 18.2 Å². The van der Waals surface area contributed by atoms with Crippen LogP contribution in [0.1, 0.15) is 18.0 Å². The zero-order valence-corrected chi connectivity index (χ0v) is 14.0. The molecule has 6 heteroatoms. The SMILES string of the molecule is Oc1c(Cl)cc(NC2CCOc3ccc(Br)cc32)cc1Cl. The zero-order valence-electron chi connectivity index (χ0n) is 10.9. The van der Waals surface area contributed by atoms with Crippen molar-refractivity contribution in [2.75, 3.05) is 11.9 Å². The predicted molar refractivity (Wildman–Crippen MR) is 88.7 cm³/mol. The summed E-state index contributed by atoms with van der Waals surface area (Å²) in [5.74, 6) is 0.775. The molecule has 21 heavy (non-hydrogen) atoms. The van der Waals surface area contributed by atoms with Crippen LogP contribution in [0.2, 0.25) is 10.0 Å². The molecule has 0 aromatic heterocycles. The van der Waals surface area contributed by atoms with E-state index in [4.69, 9.17) is 27.9 Å². The number of hydrogen-bond donors (Lipinski definition) is 2. The molecule has 110 valence electrons. The van der Waals surface area contributed by atoms with E-state index in [0.717, 1.165) is 27.9 Å². The van der Waals surface area contributed by atoms with Crippen molar-refractivity contribution in [3.8, 4) is 11.5 Å². The van der Waals surface area contributed by atoms with Gasteiger partial charge in [0.25, 0.3) is 0 Å². The van der Waals surface area contributed by atoms with Gasteiger partial charge in [-0.05, 0) is 30.3 Å². The second-order valence-electron chi connectivity index (χ2n) is 4.80. The Morgan fingerprint density at radius 1 is 1.19 bits per heavy atom. The number of phenols is 1. The number of anilines is 1. The van der Waals surface area contributed by atoms with E-state index in [0.29, 0.717) is 6.61 Å². The van der Waals surface area contributed by atoms with Gasteiger partial charge in [-0.1, -0.05) is 39.1 Å². The molecule has 2 aromatic carbocycles. The van der Waals surface area contributed by atoms with Gasteiger partial charge in [0.05, 0.1) is 22.7 Å². The summed E-state index contributed by atoms with van der Waals surface area (Å²) in [6.07, 6.45) is 0.833. The van der Waals surface area contributed by atoms with Gasteiger partial charge in [0.15, 0.2) is 5.75 Å². The standard InChI is InChI=1S/C15H12BrCl2NO2/c16-8-1-2-14-10(5-8)13(3-4-21-14)19-9-6-11(17)15(20)12(18)7-9/h1-2,5-7,13,19-20H,3-4H2. The molecular formula is C15H12BrCl2NO2. The third kappa shape index (κ3) is 3.07. The Hall–Kier alpha value is -1.10. The van der Waals surface area contributed by atoms with E-state index in [1.54, 1.807) is 12.1 Å². The first kappa shape index (κ1) is 14.8. The molecule has 0 aliphatic carbocycles. The second kappa shape index (κ2) is 5.95. The van der Waals surface area contributed by atoms with Crippen LogP contribution in [-0.4, -0.2) is 11.7 Å². The minimum absolute atomic E-state index is 0.0981. The topological polar surface area (TPSA) is 41.5 Å². The highest BCUT2D eigenvalue weighted by Gasteiger charge is 2.22. The lowest BCUT2D eigenvalue weighted by atomic mass is 10.0. The van der Waals surface area contributed by atoms with Crippen LogP contribution in [0.4, 0.5) is 5.69 Å². The fraction of sp³-hybridized carbons (Fsp3) is 0.200. The minimum Gasteiger partial charge on any atom is -0.505 e. The van der Waals surface area contributed by atoms with Gasteiger partial charge in [-0.2, -0.15) is 0 Å². The first-order valence-corrected chi connectivity index (χ1v) is 7.96. The molecule has 0 saturated heterocycles. The molecule has 3 nitrogen and oxygen atoms in total. The summed E-state index contributed by atoms with van der Waals surface area (Å²) in [6, 6.07) is 9.36. The average Bonchev–Trinajstić information content (AvgIpc) is 2.45. The summed E-state index contributed by atoms with van der Waals surface area (Å²) in [5.41, 5.74) is 1.84. The number of phenolic OH excluding ortho intramolecular Hbond substituents is 1. The normalized spacial score (nSPS) is 17.0. The molecule has 1 heterocycles. The van der Waals surface area contributed by atoms with Gasteiger partial charge in [0.2, 0.25) is 0 Å². The minimum atomic E-state index is -0.0981. The van der Waals surface area contributed by atoms with E-state index in [-0.39, 0.29) is 21.8 Å². The van der Waals surface area contributed by atoms with Gasteiger partial charge in [0.1, 0.15) is 5.75 Å². The molecular weight excluding hydrogens is 377 g/mol. The van der Waals surface area contributed by atoms with E-state index in [9.17, 15) is 5.11 Å². The summed E-state index contributed by atoms with van der Waals surface area (Å²) < 4.78 is 6.66. The fourth-order valence-electron chi connectivity index (χ4n) is 2.37. The number of ether oxygens (including phenoxy) is 1. The van der Waals surface area contributed by atoms with Crippen molar-refractivity contribution in [2.24, 2.45) is 0 Å². The molecule has 3 rings (SSSR count). The Kier molecular flexibility index (Phi) is 4.20. The molecule has 1 aliphatic rings. The summed E-state index contributed by atoms with van der Waals surface area (Å²) in [4.78, 5) is 0. The molecule has 1 unspecified atom stereocenters. The van der Waals surface area contributed by atoms with E-state index in [1.165, 1.54) is 0 Å². The molecule has 2 N–H and O–H groups in total. The highest BCUT2D eigenvalue weighted by Crippen LogP contribution is 2.39. The summed E-state index contributed by atoms with van der Waals surface area (Å²) in [5, 5.41) is 13.5. The monoisotopic (exact) mass is 387 g/mol. The van der Waals surface area contributed by atoms with Crippen LogP contribution in [0.5, 0.6) is 11.5 Å². The van der Waals surface area contributed by atoms with Crippen LogP contribution < -0.4 is 10.1 Å². The second-order valence-corrected chi connectivity index (χ2v) is 6.53. The maximum atomic E-state index is 9.61. The lowest BCUT2D eigenvalue weighted by molar-refractivity contribution is 0.274. The molecule has 0 bridgehead atoms. The first-order chi connectivity index (χ1) is 10.0. The summed E-state index contributed by atoms with van der Waals surface area (Å²) in [6.45, 7) is 0.645. The number of nitrogens with one attached hydrogen (secondary N) is 1. The summed E-state index contributed by atoms with van der Waals surface area (Å²) >= 11 is 15.4. The largest absolute Gasteiger partial charge is 0.505 e. The van der Waals surface area contributed by atoms with Crippen molar-refractivity contribution in [3.63, 3.8) is 0 Å². The van der Waals surface area contributed by atoms with E-state index >= 15 is 0 Å². The molecule has 0 fully saturated rings. The third-order valence-corrected chi connectivity index (χ3v) is 4.44. The number of hydrogen-bond acceptors (Lipinski definition) is 3. The Labute approximate surface area is 141 Å². The van der Waals surface area contributed by atoms with Gasteiger partial charge in [-0.3, -0.25) is 0 Å². The number of aromatic hydroxyl groups is 1. The molecule has 0 radical (unpaired) electrons. The molecule has 0 saturated carbocycles. The van der Waals surface area contributed by atoms with Crippen LogP contribution >= 0.6 is 39.1 Å². The quantitative estimate of drug-likeness (QED) is 0.677. The maximum absolute atomic E-state index is 9.61. The zero-order chi connectivity index (χ0) is 15.0. The summed E-state index contributed by atoms with van der Waals surface area (Å²) in [7, 11) is 0. The molecule has 1 aliphatic heterocycles. The molecule has 2 aromatic rings. The maximum Gasteiger partial charge on any atom is 0.152 e. The van der Waals surface area contributed by atoms with Crippen LogP contribution in [-0.2, 0) is 0 Å². The van der Waals surface area contributed by atoms with Crippen molar-refractivity contribution in [1.29, 1.82) is 0 Å². The Morgan fingerprint density at radius 2 is 1.90 bits per heavy atom. The van der Waals surface area contributed by atoms with Crippen LogP contribution in [0.3, 0.4) is 0 Å². The van der Waals surface area contributed by atoms with Crippen molar-refractivity contribution >= 4 is 44.8 Å². The van der Waals surface area contributed by atoms with Gasteiger partial charge in [0, 0.05) is 22.1 Å². The van der Waals surface area contributed by atoms with Crippen LogP contribution in [0.25, 0.3) is 0 Å². The average molecular weight is 389 g/mol. The Bertz CT molecular complexity index is 670. The fourth-order valence-corrected chi connectivity index (χ4v) is 3.23.